The third kappa shape index (κ3) is 4.22. The molecule has 0 saturated heterocycles. The Bertz CT molecular complexity index is 640. The molecule has 0 aliphatic carbocycles. The molecule has 0 saturated carbocycles. The fourth-order valence-corrected chi connectivity index (χ4v) is 2.91. The third-order valence-corrected chi connectivity index (χ3v) is 4.11. The van der Waals surface area contributed by atoms with E-state index < -0.39 is 5.60 Å². The van der Waals surface area contributed by atoms with Crippen LogP contribution in [0.5, 0.6) is 0 Å². The summed E-state index contributed by atoms with van der Waals surface area (Å²) in [6.45, 7) is 1.88. The van der Waals surface area contributed by atoms with Crippen LogP contribution < -0.4 is 5.32 Å². The van der Waals surface area contributed by atoms with E-state index in [4.69, 9.17) is 0 Å². The number of thioether (sulfide) groups is 1. The molecule has 1 aromatic heterocycles. The minimum absolute atomic E-state index is 0.152. The van der Waals surface area contributed by atoms with Crippen LogP contribution in [0.2, 0.25) is 0 Å². The number of H-pyrrole nitrogens is 1. The highest BCUT2D eigenvalue weighted by Crippen LogP contribution is 2.19. The predicted molar refractivity (Wildman–Crippen MR) is 84.0 cm³/mol. The molecule has 0 spiro atoms. The molecule has 114 valence electrons. The summed E-state index contributed by atoms with van der Waals surface area (Å²) in [5, 5.41) is 13.4. The molecular weight excluding hydrogens is 291 g/mol. The van der Waals surface area contributed by atoms with E-state index in [2.05, 4.69) is 10.3 Å². The minimum Gasteiger partial charge on any atom is -0.387 e. The highest BCUT2D eigenvalue weighted by atomic mass is 32.2. The zero-order chi connectivity index (χ0) is 15.5. The first-order valence-electron chi connectivity index (χ1n) is 6.65. The molecule has 4 nitrogen and oxygen atoms in total. The smallest absolute Gasteiger partial charge is 0.224 e. The maximum absolute atomic E-state index is 13.3. The van der Waals surface area contributed by atoms with Crippen molar-refractivity contribution in [2.45, 2.75) is 18.9 Å². The number of nitrogens with one attached hydrogen (secondary N) is 2. The predicted octanol–water partition coefficient (Wildman–Crippen LogP) is 2.08. The van der Waals surface area contributed by atoms with Crippen LogP contribution in [-0.4, -0.2) is 40.2 Å². The summed E-state index contributed by atoms with van der Waals surface area (Å²) < 4.78 is 13.3. The number of rotatable bonds is 6. The van der Waals surface area contributed by atoms with Crippen LogP contribution in [0.4, 0.5) is 4.39 Å². The first kappa shape index (κ1) is 15.9. The molecule has 1 amide bonds. The molecule has 0 radical (unpaired) electrons. The van der Waals surface area contributed by atoms with E-state index in [0.29, 0.717) is 11.1 Å². The highest BCUT2D eigenvalue weighted by molar-refractivity contribution is 7.98. The van der Waals surface area contributed by atoms with Crippen molar-refractivity contribution in [2.75, 3.05) is 18.6 Å². The van der Waals surface area contributed by atoms with Gasteiger partial charge in [0.25, 0.3) is 0 Å². The normalized spacial score (nSPS) is 14.1. The second-order valence-corrected chi connectivity index (χ2v) is 6.25. The second-order valence-electron chi connectivity index (χ2n) is 5.39. The molecule has 0 aliphatic rings. The Labute approximate surface area is 127 Å². The zero-order valence-electron chi connectivity index (χ0n) is 12.1. The molecule has 2 aromatic rings. The lowest BCUT2D eigenvalue weighted by Crippen LogP contribution is -2.42. The van der Waals surface area contributed by atoms with Gasteiger partial charge in [0.15, 0.2) is 0 Å². The molecule has 1 unspecified atom stereocenters. The van der Waals surface area contributed by atoms with Gasteiger partial charge >= 0.3 is 0 Å². The number of aromatic nitrogens is 1. The van der Waals surface area contributed by atoms with Crippen LogP contribution in [-0.2, 0) is 11.2 Å². The van der Waals surface area contributed by atoms with Crippen molar-refractivity contribution >= 4 is 28.6 Å². The molecule has 1 atom stereocenters. The Hall–Kier alpha value is -1.53. The molecule has 2 rings (SSSR count). The van der Waals surface area contributed by atoms with E-state index in [-0.39, 0.29) is 24.7 Å². The van der Waals surface area contributed by atoms with Crippen molar-refractivity contribution in [1.29, 1.82) is 0 Å². The Balaban J connectivity index is 2.00. The molecule has 0 bridgehead atoms. The quantitative estimate of drug-likeness (QED) is 0.765. The molecular formula is C15H19FN2O2S. The van der Waals surface area contributed by atoms with Gasteiger partial charge in [0.1, 0.15) is 5.82 Å². The molecule has 6 heteroatoms. The van der Waals surface area contributed by atoms with Gasteiger partial charge in [0.05, 0.1) is 12.0 Å². The van der Waals surface area contributed by atoms with E-state index in [1.54, 1.807) is 19.2 Å². The molecule has 3 N–H and O–H groups in total. The van der Waals surface area contributed by atoms with Crippen LogP contribution in [0.3, 0.4) is 0 Å². The third-order valence-electron chi connectivity index (χ3n) is 3.20. The van der Waals surface area contributed by atoms with E-state index in [0.717, 1.165) is 11.1 Å². The van der Waals surface area contributed by atoms with Crippen LogP contribution in [0.25, 0.3) is 10.9 Å². The Kier molecular flexibility index (Phi) is 4.90. The first-order valence-corrected chi connectivity index (χ1v) is 8.04. The lowest BCUT2D eigenvalue weighted by atomic mass is 10.1. The van der Waals surface area contributed by atoms with Gasteiger partial charge in [-0.15, -0.1) is 0 Å². The number of hydrogen-bond donors (Lipinski definition) is 3. The monoisotopic (exact) mass is 310 g/mol. The molecule has 0 fully saturated rings. The number of halogens is 1. The fourth-order valence-electron chi connectivity index (χ4n) is 2.18. The number of aliphatic hydroxyl groups is 1. The topological polar surface area (TPSA) is 65.1 Å². The van der Waals surface area contributed by atoms with Crippen molar-refractivity contribution in [3.8, 4) is 0 Å². The van der Waals surface area contributed by atoms with Gasteiger partial charge in [0.2, 0.25) is 5.91 Å². The van der Waals surface area contributed by atoms with E-state index in [1.165, 1.54) is 23.9 Å². The van der Waals surface area contributed by atoms with Crippen molar-refractivity contribution in [3.05, 3.63) is 35.8 Å². The van der Waals surface area contributed by atoms with E-state index in [1.807, 2.05) is 6.26 Å². The van der Waals surface area contributed by atoms with Crippen molar-refractivity contribution in [2.24, 2.45) is 0 Å². The number of benzene rings is 1. The second kappa shape index (κ2) is 6.49. The lowest BCUT2D eigenvalue weighted by Gasteiger charge is -2.22. The average Bonchev–Trinajstić information content (AvgIpc) is 2.79. The maximum Gasteiger partial charge on any atom is 0.224 e. The summed E-state index contributed by atoms with van der Waals surface area (Å²) in [4.78, 5) is 15.0. The van der Waals surface area contributed by atoms with E-state index in [9.17, 15) is 14.3 Å². The van der Waals surface area contributed by atoms with Gasteiger partial charge in [-0.3, -0.25) is 4.79 Å². The lowest BCUT2D eigenvalue weighted by molar-refractivity contribution is -0.121. The van der Waals surface area contributed by atoms with Crippen LogP contribution in [0, 0.1) is 5.82 Å². The SMILES string of the molecule is CSCC(C)(O)CNC(=O)Cc1c[nH]c2ccc(F)cc12. The average molecular weight is 310 g/mol. The van der Waals surface area contributed by atoms with Gasteiger partial charge in [-0.05, 0) is 36.9 Å². The van der Waals surface area contributed by atoms with Crippen molar-refractivity contribution in [3.63, 3.8) is 0 Å². The number of hydrogen-bond acceptors (Lipinski definition) is 3. The van der Waals surface area contributed by atoms with Gasteiger partial charge in [-0.2, -0.15) is 11.8 Å². The molecule has 0 aliphatic heterocycles. The zero-order valence-corrected chi connectivity index (χ0v) is 12.9. The summed E-state index contributed by atoms with van der Waals surface area (Å²) in [6, 6.07) is 4.44. The Morgan fingerprint density at radius 1 is 1.52 bits per heavy atom. The molecule has 21 heavy (non-hydrogen) atoms. The van der Waals surface area contributed by atoms with Gasteiger partial charge < -0.3 is 15.4 Å². The number of carbonyl (C=O) groups is 1. The first-order chi connectivity index (χ1) is 9.91. The maximum atomic E-state index is 13.3. The Morgan fingerprint density at radius 3 is 3.00 bits per heavy atom. The van der Waals surface area contributed by atoms with Crippen LogP contribution >= 0.6 is 11.8 Å². The van der Waals surface area contributed by atoms with Crippen molar-refractivity contribution < 1.29 is 14.3 Å². The molecule has 1 aromatic carbocycles. The summed E-state index contributed by atoms with van der Waals surface area (Å²) >= 11 is 1.52. The number of carbonyl (C=O) groups excluding carboxylic acids is 1. The standard InChI is InChI=1S/C15H19FN2O2S/c1-15(20,9-21-2)8-18-14(19)5-10-7-17-13-4-3-11(16)6-12(10)13/h3-4,6-7,17,20H,5,8-9H2,1-2H3,(H,18,19). The van der Waals surface area contributed by atoms with Gasteiger partial charge in [-0.25, -0.2) is 4.39 Å². The van der Waals surface area contributed by atoms with E-state index >= 15 is 0 Å². The summed E-state index contributed by atoms with van der Waals surface area (Å²) in [6.07, 6.45) is 3.76. The molecule has 1 heterocycles. The number of fused-ring (bicyclic) bond motifs is 1. The van der Waals surface area contributed by atoms with Gasteiger partial charge in [0, 0.05) is 29.4 Å². The minimum atomic E-state index is -0.929. The summed E-state index contributed by atoms with van der Waals surface area (Å²) in [5.41, 5.74) is 0.613. The summed E-state index contributed by atoms with van der Waals surface area (Å²) in [5.74, 6) is 0.0270. The number of amides is 1. The van der Waals surface area contributed by atoms with Crippen LogP contribution in [0.1, 0.15) is 12.5 Å². The number of aromatic amines is 1. The fraction of sp³-hybridized carbons (Fsp3) is 0.400. The largest absolute Gasteiger partial charge is 0.387 e. The Morgan fingerprint density at radius 2 is 2.29 bits per heavy atom. The highest BCUT2D eigenvalue weighted by Gasteiger charge is 2.20. The summed E-state index contributed by atoms with van der Waals surface area (Å²) in [7, 11) is 0. The van der Waals surface area contributed by atoms with Gasteiger partial charge in [-0.1, -0.05) is 0 Å². The van der Waals surface area contributed by atoms with Crippen LogP contribution in [0.15, 0.2) is 24.4 Å². The van der Waals surface area contributed by atoms with Crippen molar-refractivity contribution in [1.82, 2.24) is 10.3 Å².